The molecule has 0 aliphatic heterocycles. The summed E-state index contributed by atoms with van der Waals surface area (Å²) in [5.74, 6) is 0.172. The first kappa shape index (κ1) is 16.6. The molecule has 102 valence electrons. The quantitative estimate of drug-likeness (QED) is 0.655. The van der Waals surface area contributed by atoms with Crippen LogP contribution in [0.3, 0.4) is 0 Å². The predicted octanol–water partition coefficient (Wildman–Crippen LogP) is 3.82. The highest BCUT2D eigenvalue weighted by Crippen LogP contribution is 2.52. The molecule has 0 aliphatic carbocycles. The normalized spacial score (nSPS) is 12.5. The van der Waals surface area contributed by atoms with Gasteiger partial charge < -0.3 is 4.74 Å². The smallest absolute Gasteiger partial charge is 0.438 e. The number of hydrogen-bond acceptors (Lipinski definition) is 5. The predicted molar refractivity (Wildman–Crippen MR) is 66.2 cm³/mol. The van der Waals surface area contributed by atoms with E-state index >= 15 is 0 Å². The van der Waals surface area contributed by atoms with Crippen molar-refractivity contribution in [2.45, 2.75) is 53.8 Å². The second-order valence-electron chi connectivity index (χ2n) is 4.78. The lowest BCUT2D eigenvalue weighted by molar-refractivity contribution is 0.113. The molecule has 0 saturated heterocycles. The molecule has 0 spiro atoms. The fourth-order valence-electron chi connectivity index (χ4n) is 0.983. The van der Waals surface area contributed by atoms with Gasteiger partial charge in [0.05, 0.1) is 18.8 Å². The van der Waals surface area contributed by atoms with E-state index < -0.39 is 13.3 Å². The van der Waals surface area contributed by atoms with Crippen LogP contribution in [0.25, 0.3) is 0 Å². The van der Waals surface area contributed by atoms with Gasteiger partial charge in [-0.3, -0.25) is 9.05 Å². The van der Waals surface area contributed by atoms with E-state index in [1.54, 1.807) is 27.7 Å². The lowest BCUT2D eigenvalue weighted by Crippen LogP contribution is -2.17. The molecule has 0 aliphatic rings. The molecular formula is C11H23O5P. The molecule has 0 aromatic heterocycles. The van der Waals surface area contributed by atoms with Gasteiger partial charge in [-0.1, -0.05) is 13.8 Å². The maximum absolute atomic E-state index is 12.2. The van der Waals surface area contributed by atoms with Crippen LogP contribution in [0.1, 0.15) is 41.5 Å². The highest BCUT2D eigenvalue weighted by atomic mass is 31.2. The second kappa shape index (κ2) is 7.14. The van der Waals surface area contributed by atoms with Crippen molar-refractivity contribution in [3.05, 3.63) is 0 Å². The summed E-state index contributed by atoms with van der Waals surface area (Å²) in [5.41, 5.74) is -0.909. The summed E-state index contributed by atoms with van der Waals surface area (Å²) in [5, 5.41) is 0. The van der Waals surface area contributed by atoms with Crippen molar-refractivity contribution in [1.82, 2.24) is 0 Å². The lowest BCUT2D eigenvalue weighted by atomic mass is 10.2. The molecule has 0 radical (unpaired) electrons. The minimum absolute atomic E-state index is 0.172. The monoisotopic (exact) mass is 266 g/mol. The molecule has 17 heavy (non-hydrogen) atoms. The van der Waals surface area contributed by atoms with Gasteiger partial charge in [0, 0.05) is 0 Å². The van der Waals surface area contributed by atoms with E-state index in [9.17, 15) is 9.36 Å². The average molecular weight is 266 g/mol. The topological polar surface area (TPSA) is 61.8 Å². The van der Waals surface area contributed by atoms with E-state index in [1.165, 1.54) is 0 Å². The fraction of sp³-hybridized carbons (Fsp3) is 0.909. The van der Waals surface area contributed by atoms with Gasteiger partial charge >= 0.3 is 13.3 Å². The second-order valence-corrected chi connectivity index (χ2v) is 6.56. The van der Waals surface area contributed by atoms with Gasteiger partial charge in [-0.15, -0.1) is 0 Å². The van der Waals surface area contributed by atoms with Gasteiger partial charge in [0.2, 0.25) is 0 Å². The van der Waals surface area contributed by atoms with E-state index in [4.69, 9.17) is 13.8 Å². The summed E-state index contributed by atoms with van der Waals surface area (Å²) in [6.45, 7) is 10.7. The van der Waals surface area contributed by atoms with Crippen molar-refractivity contribution in [3.8, 4) is 0 Å². The molecule has 0 heterocycles. The van der Waals surface area contributed by atoms with Crippen LogP contribution in [-0.4, -0.2) is 24.5 Å². The van der Waals surface area contributed by atoms with Gasteiger partial charge in [-0.25, -0.2) is 9.36 Å². The van der Waals surface area contributed by atoms with Crippen LogP contribution in [0.4, 0.5) is 4.79 Å². The number of rotatable bonds is 7. The zero-order valence-electron chi connectivity index (χ0n) is 11.4. The first-order chi connectivity index (χ1) is 7.67. The lowest BCUT2D eigenvalue weighted by Gasteiger charge is -2.21. The van der Waals surface area contributed by atoms with E-state index in [1.807, 2.05) is 13.8 Å². The highest BCUT2D eigenvalue weighted by Gasteiger charge is 2.39. The number of ether oxygens (including phenoxy) is 1. The Labute approximate surface area is 103 Å². The summed E-state index contributed by atoms with van der Waals surface area (Å²) in [7, 11) is -3.84. The summed E-state index contributed by atoms with van der Waals surface area (Å²) in [6, 6.07) is 0. The Balaban J connectivity index is 4.67. The number of hydrogen-bond donors (Lipinski definition) is 0. The molecule has 0 N–H and O–H groups in total. The molecule has 0 atom stereocenters. The van der Waals surface area contributed by atoms with Crippen molar-refractivity contribution in [3.63, 3.8) is 0 Å². The summed E-state index contributed by atoms with van der Waals surface area (Å²) in [6.07, 6.45) is -0.739. The molecule has 0 rings (SSSR count). The molecule has 0 amide bonds. The van der Waals surface area contributed by atoms with E-state index in [0.29, 0.717) is 0 Å². The number of carbonyl (C=O) groups excluding carboxylic acids is 1. The van der Waals surface area contributed by atoms with Crippen molar-refractivity contribution in [2.75, 3.05) is 6.61 Å². The van der Waals surface area contributed by atoms with E-state index in [-0.39, 0.29) is 24.7 Å². The van der Waals surface area contributed by atoms with Gasteiger partial charge in [0.15, 0.2) is 0 Å². The fourth-order valence-corrected chi connectivity index (χ4v) is 2.55. The Bertz CT molecular complexity index is 272. The van der Waals surface area contributed by atoms with Crippen LogP contribution in [0.15, 0.2) is 0 Å². The summed E-state index contributed by atoms with van der Waals surface area (Å²) >= 11 is 0. The SMILES string of the molecule is CC(C)COC(=O)P(=O)(OC(C)C)OC(C)C. The van der Waals surface area contributed by atoms with Crippen LogP contribution in [0.2, 0.25) is 0 Å². The summed E-state index contributed by atoms with van der Waals surface area (Å²) in [4.78, 5) is 11.7. The van der Waals surface area contributed by atoms with Crippen LogP contribution in [-0.2, 0) is 18.3 Å². The molecule has 0 unspecified atom stereocenters. The van der Waals surface area contributed by atoms with Crippen LogP contribution in [0, 0.1) is 5.92 Å². The van der Waals surface area contributed by atoms with Crippen LogP contribution < -0.4 is 0 Å². The molecule has 5 nitrogen and oxygen atoms in total. The zero-order chi connectivity index (χ0) is 13.6. The Kier molecular flexibility index (Phi) is 6.98. The molecular weight excluding hydrogens is 243 g/mol. The van der Waals surface area contributed by atoms with Gasteiger partial charge in [0.1, 0.15) is 0 Å². The standard InChI is InChI=1S/C11H23O5P/c1-8(2)7-14-11(12)17(13,15-9(3)4)16-10(5)6/h8-10H,7H2,1-6H3. The summed E-state index contributed by atoms with van der Waals surface area (Å²) < 4.78 is 27.3. The Morgan fingerprint density at radius 2 is 1.41 bits per heavy atom. The molecule has 0 saturated carbocycles. The van der Waals surface area contributed by atoms with E-state index in [2.05, 4.69) is 0 Å². The van der Waals surface area contributed by atoms with Crippen molar-refractivity contribution in [1.29, 1.82) is 0 Å². The first-order valence-electron chi connectivity index (χ1n) is 5.81. The zero-order valence-corrected chi connectivity index (χ0v) is 12.3. The van der Waals surface area contributed by atoms with Crippen molar-refractivity contribution in [2.24, 2.45) is 5.92 Å². The first-order valence-corrected chi connectivity index (χ1v) is 7.35. The van der Waals surface area contributed by atoms with Crippen LogP contribution in [0.5, 0.6) is 0 Å². The molecule has 0 aromatic rings. The minimum Gasteiger partial charge on any atom is -0.456 e. The van der Waals surface area contributed by atoms with Crippen molar-refractivity contribution >= 4 is 13.3 Å². The third-order valence-electron chi connectivity index (χ3n) is 1.46. The molecule has 0 aromatic carbocycles. The molecule has 0 bridgehead atoms. The van der Waals surface area contributed by atoms with Crippen molar-refractivity contribution < 1.29 is 23.1 Å². The number of carbonyl (C=O) groups is 1. The Hall–Kier alpha value is -0.380. The van der Waals surface area contributed by atoms with Gasteiger partial charge in [-0.2, -0.15) is 0 Å². The third kappa shape index (κ3) is 6.81. The maximum atomic E-state index is 12.2. The largest absolute Gasteiger partial charge is 0.456 e. The minimum atomic E-state index is -3.84. The molecule has 0 fully saturated rings. The third-order valence-corrected chi connectivity index (χ3v) is 3.44. The van der Waals surface area contributed by atoms with E-state index in [0.717, 1.165) is 0 Å². The van der Waals surface area contributed by atoms with Crippen LogP contribution >= 0.6 is 7.60 Å². The molecule has 6 heteroatoms. The van der Waals surface area contributed by atoms with Gasteiger partial charge in [-0.05, 0) is 33.6 Å². The van der Waals surface area contributed by atoms with Gasteiger partial charge in [0.25, 0.3) is 0 Å². The highest BCUT2D eigenvalue weighted by molar-refractivity contribution is 7.71. The Morgan fingerprint density at radius 1 is 1.00 bits per heavy atom. The maximum Gasteiger partial charge on any atom is 0.438 e. The average Bonchev–Trinajstić information content (AvgIpc) is 2.10. The Morgan fingerprint density at radius 3 is 1.71 bits per heavy atom.